The average Bonchev–Trinajstić information content (AvgIpc) is 3.26. The van der Waals surface area contributed by atoms with Gasteiger partial charge in [0.15, 0.2) is 0 Å². The van der Waals surface area contributed by atoms with Crippen LogP contribution in [-0.4, -0.2) is 91.4 Å². The smallest absolute Gasteiger partial charge is 0.240 e. The first-order valence-electron chi connectivity index (χ1n) is 13.9. The lowest BCUT2D eigenvalue weighted by molar-refractivity contribution is -0.155. The maximum atomic E-state index is 13.9. The lowest BCUT2D eigenvalue weighted by Crippen LogP contribution is -2.68. The molecule has 2 saturated carbocycles. The van der Waals surface area contributed by atoms with Crippen LogP contribution in [0, 0.1) is 17.8 Å². The SMILES string of the molecule is CC(=O)N1C(C)CN(C(=O)C2CC3CNCCC3N2)C2CC(C3CCC(S(C)(=O)=O)CC3)CCC21. The predicted octanol–water partition coefficient (Wildman–Crippen LogP) is 1.55. The number of fused-ring (bicyclic) bond motifs is 2. The fourth-order valence-electron chi connectivity index (χ4n) is 8.26. The monoisotopic (exact) mass is 508 g/mol. The summed E-state index contributed by atoms with van der Waals surface area (Å²) in [5.74, 6) is 1.88. The highest BCUT2D eigenvalue weighted by molar-refractivity contribution is 7.91. The number of hydrogen-bond donors (Lipinski definition) is 2. The minimum absolute atomic E-state index is 0.0322. The van der Waals surface area contributed by atoms with Crippen LogP contribution in [0.25, 0.3) is 0 Å². The lowest BCUT2D eigenvalue weighted by atomic mass is 9.69. The zero-order chi connectivity index (χ0) is 24.9. The van der Waals surface area contributed by atoms with E-state index < -0.39 is 9.84 Å². The summed E-state index contributed by atoms with van der Waals surface area (Å²) in [6.45, 7) is 6.36. The second kappa shape index (κ2) is 9.93. The molecule has 8 nitrogen and oxygen atoms in total. The van der Waals surface area contributed by atoms with Gasteiger partial charge in [0.25, 0.3) is 0 Å². The van der Waals surface area contributed by atoms with Gasteiger partial charge in [-0.25, -0.2) is 8.42 Å². The van der Waals surface area contributed by atoms with Crippen molar-refractivity contribution in [1.82, 2.24) is 20.4 Å². The normalized spacial score (nSPS) is 42.3. The first-order chi connectivity index (χ1) is 16.6. The molecule has 2 N–H and O–H groups in total. The number of piperazine rings is 1. The topological polar surface area (TPSA) is 98.8 Å². The van der Waals surface area contributed by atoms with Gasteiger partial charge in [0.1, 0.15) is 9.84 Å². The summed E-state index contributed by atoms with van der Waals surface area (Å²) in [5.41, 5.74) is 0. The Morgan fingerprint density at radius 3 is 2.26 bits per heavy atom. The van der Waals surface area contributed by atoms with E-state index in [1.807, 2.05) is 0 Å². The summed E-state index contributed by atoms with van der Waals surface area (Å²) in [6, 6.07) is 0.503. The van der Waals surface area contributed by atoms with Crippen LogP contribution >= 0.6 is 0 Å². The number of nitrogens with zero attached hydrogens (tertiary/aromatic N) is 2. The van der Waals surface area contributed by atoms with Crippen LogP contribution in [0.4, 0.5) is 0 Å². The molecule has 0 bridgehead atoms. The molecule has 5 aliphatic rings. The molecule has 3 saturated heterocycles. The van der Waals surface area contributed by atoms with Gasteiger partial charge in [-0.15, -0.1) is 0 Å². The molecule has 0 spiro atoms. The minimum Gasteiger partial charge on any atom is -0.334 e. The minimum atomic E-state index is -2.97. The zero-order valence-electron chi connectivity index (χ0n) is 21.6. The molecule has 3 heterocycles. The summed E-state index contributed by atoms with van der Waals surface area (Å²) >= 11 is 0. The molecule has 9 heteroatoms. The Hall–Kier alpha value is -1.19. The largest absolute Gasteiger partial charge is 0.334 e. The molecule has 2 aliphatic carbocycles. The number of rotatable bonds is 3. The van der Waals surface area contributed by atoms with E-state index in [0.717, 1.165) is 70.9 Å². The van der Waals surface area contributed by atoms with Crippen LogP contribution in [0.3, 0.4) is 0 Å². The van der Waals surface area contributed by atoms with Crippen molar-refractivity contribution in [3.8, 4) is 0 Å². The van der Waals surface area contributed by atoms with Gasteiger partial charge in [0.05, 0.1) is 23.4 Å². The highest BCUT2D eigenvalue weighted by atomic mass is 32.2. The third-order valence-electron chi connectivity index (χ3n) is 10.0. The molecule has 35 heavy (non-hydrogen) atoms. The van der Waals surface area contributed by atoms with Crippen molar-refractivity contribution < 1.29 is 18.0 Å². The van der Waals surface area contributed by atoms with Gasteiger partial charge >= 0.3 is 0 Å². The second-order valence-corrected chi connectivity index (χ2v) is 14.5. The summed E-state index contributed by atoms with van der Waals surface area (Å²) in [7, 11) is -2.97. The molecule has 7 unspecified atom stereocenters. The molecule has 7 atom stereocenters. The van der Waals surface area contributed by atoms with Crippen molar-refractivity contribution in [3.05, 3.63) is 0 Å². The molecule has 0 aromatic heterocycles. The first-order valence-corrected chi connectivity index (χ1v) is 15.8. The maximum absolute atomic E-state index is 13.9. The highest BCUT2D eigenvalue weighted by Gasteiger charge is 2.50. The van der Waals surface area contributed by atoms with Crippen molar-refractivity contribution >= 4 is 21.7 Å². The molecular weight excluding hydrogens is 464 g/mol. The van der Waals surface area contributed by atoms with Gasteiger partial charge in [-0.2, -0.15) is 0 Å². The van der Waals surface area contributed by atoms with E-state index >= 15 is 0 Å². The molecular formula is C26H44N4O4S. The summed E-state index contributed by atoms with van der Waals surface area (Å²) in [6.07, 6.45) is 9.71. The van der Waals surface area contributed by atoms with Crippen molar-refractivity contribution in [1.29, 1.82) is 0 Å². The molecule has 0 radical (unpaired) electrons. The summed E-state index contributed by atoms with van der Waals surface area (Å²) < 4.78 is 24.1. The van der Waals surface area contributed by atoms with Crippen LogP contribution < -0.4 is 10.6 Å². The van der Waals surface area contributed by atoms with Crippen molar-refractivity contribution in [2.24, 2.45) is 17.8 Å². The van der Waals surface area contributed by atoms with Gasteiger partial charge in [0, 0.05) is 31.8 Å². The van der Waals surface area contributed by atoms with Gasteiger partial charge in [-0.3, -0.25) is 9.59 Å². The fraction of sp³-hybridized carbons (Fsp3) is 0.923. The molecule has 0 aromatic rings. The third kappa shape index (κ3) is 5.01. The van der Waals surface area contributed by atoms with Crippen LogP contribution in [0.15, 0.2) is 0 Å². The molecule has 198 valence electrons. The Balaban J connectivity index is 1.31. The third-order valence-corrected chi connectivity index (χ3v) is 11.7. The van der Waals surface area contributed by atoms with E-state index in [4.69, 9.17) is 0 Å². The van der Waals surface area contributed by atoms with E-state index in [2.05, 4.69) is 27.4 Å². The molecule has 2 amide bonds. The van der Waals surface area contributed by atoms with Gasteiger partial charge in [-0.1, -0.05) is 0 Å². The number of hydrogen-bond acceptors (Lipinski definition) is 6. The van der Waals surface area contributed by atoms with Crippen LogP contribution in [0.1, 0.15) is 71.6 Å². The van der Waals surface area contributed by atoms with Crippen LogP contribution in [-0.2, 0) is 19.4 Å². The Kier molecular flexibility index (Phi) is 7.23. The van der Waals surface area contributed by atoms with Crippen molar-refractivity contribution in [3.63, 3.8) is 0 Å². The standard InChI is InChI=1S/C26H44N4O4S/c1-16-15-29(26(32)23-12-20-14-27-11-10-22(20)28-23)25-13-19(6-9-24(25)30(16)17(2)31)18-4-7-21(8-5-18)35(3,33)34/h16,18-25,27-28H,4-15H2,1-3H3. The summed E-state index contributed by atoms with van der Waals surface area (Å²) in [5, 5.41) is 6.94. The van der Waals surface area contributed by atoms with Gasteiger partial charge in [0.2, 0.25) is 11.8 Å². The Bertz CT molecular complexity index is 904. The quantitative estimate of drug-likeness (QED) is 0.600. The molecule has 0 aromatic carbocycles. The number of carbonyl (C=O) groups excluding carboxylic acids is 2. The van der Waals surface area contributed by atoms with Crippen LogP contribution in [0.2, 0.25) is 0 Å². The number of amides is 2. The van der Waals surface area contributed by atoms with E-state index in [1.165, 1.54) is 6.26 Å². The molecule has 5 rings (SSSR count). The average molecular weight is 509 g/mol. The summed E-state index contributed by atoms with van der Waals surface area (Å²) in [4.78, 5) is 30.8. The highest BCUT2D eigenvalue weighted by Crippen LogP contribution is 2.44. The first kappa shape index (κ1) is 25.5. The van der Waals surface area contributed by atoms with Gasteiger partial charge in [-0.05, 0) is 95.6 Å². The second-order valence-electron chi connectivity index (χ2n) is 12.2. The van der Waals surface area contributed by atoms with E-state index in [9.17, 15) is 18.0 Å². The maximum Gasteiger partial charge on any atom is 0.240 e. The number of sulfone groups is 1. The van der Waals surface area contributed by atoms with E-state index in [-0.39, 0.29) is 41.2 Å². The zero-order valence-corrected chi connectivity index (χ0v) is 22.4. The Morgan fingerprint density at radius 2 is 1.60 bits per heavy atom. The number of piperidine rings is 1. The van der Waals surface area contributed by atoms with Crippen molar-refractivity contribution in [2.75, 3.05) is 25.9 Å². The lowest BCUT2D eigenvalue weighted by Gasteiger charge is -2.55. The fourth-order valence-corrected chi connectivity index (χ4v) is 9.39. The van der Waals surface area contributed by atoms with Gasteiger partial charge < -0.3 is 20.4 Å². The van der Waals surface area contributed by atoms with E-state index in [1.54, 1.807) is 6.92 Å². The van der Waals surface area contributed by atoms with Crippen LogP contribution in [0.5, 0.6) is 0 Å². The predicted molar refractivity (Wildman–Crippen MR) is 136 cm³/mol. The molecule has 3 aliphatic heterocycles. The Morgan fingerprint density at radius 1 is 0.886 bits per heavy atom. The molecule has 5 fully saturated rings. The van der Waals surface area contributed by atoms with E-state index in [0.29, 0.717) is 30.3 Å². The number of nitrogens with one attached hydrogen (secondary N) is 2. The van der Waals surface area contributed by atoms with Crippen molar-refractivity contribution in [2.45, 2.75) is 107 Å². The number of carbonyl (C=O) groups is 2. The Labute approximate surface area is 210 Å².